The molecule has 0 heterocycles. The van der Waals surface area contributed by atoms with Crippen LogP contribution in [0.15, 0.2) is 0 Å². The molecule has 0 aliphatic heterocycles. The van der Waals surface area contributed by atoms with Crippen molar-refractivity contribution in [3.05, 3.63) is 0 Å². The Morgan fingerprint density at radius 3 is 2.21 bits per heavy atom. The number of carboxylic acids is 1. The number of nitrogens with one attached hydrogen (secondary N) is 1. The monoisotopic (exact) mass is 274 g/mol. The van der Waals surface area contributed by atoms with E-state index in [2.05, 4.69) is 5.32 Å². The van der Waals surface area contributed by atoms with Crippen LogP contribution in [0, 0.1) is 5.41 Å². The highest BCUT2D eigenvalue weighted by Gasteiger charge is 2.44. The van der Waals surface area contributed by atoms with Crippen LogP contribution in [0.1, 0.15) is 34.1 Å². The van der Waals surface area contributed by atoms with Crippen LogP contribution in [0.2, 0.25) is 0 Å². The topological polar surface area (TPSA) is 78.9 Å². The van der Waals surface area contributed by atoms with Gasteiger partial charge in [-0.05, 0) is 34.1 Å². The van der Waals surface area contributed by atoms with Crippen molar-refractivity contribution < 1.29 is 19.4 Å². The lowest BCUT2D eigenvalue weighted by atomic mass is 9.74. The highest BCUT2D eigenvalue weighted by molar-refractivity contribution is 5.79. The standard InChI is InChI=1S/C13H26N2O4/c1-12(2,10(16)17)13(3,4)14-11(18)15(5)8-7-9-19-6/h7-9H2,1-6H3,(H,14,18)(H,16,17). The minimum absolute atomic E-state index is 0.282. The molecule has 0 saturated heterocycles. The number of amides is 2. The Morgan fingerprint density at radius 2 is 1.79 bits per heavy atom. The van der Waals surface area contributed by atoms with E-state index >= 15 is 0 Å². The van der Waals surface area contributed by atoms with Gasteiger partial charge in [0.15, 0.2) is 0 Å². The molecule has 0 radical (unpaired) electrons. The van der Waals surface area contributed by atoms with Gasteiger partial charge in [-0.15, -0.1) is 0 Å². The predicted molar refractivity (Wildman–Crippen MR) is 73.2 cm³/mol. The largest absolute Gasteiger partial charge is 0.481 e. The van der Waals surface area contributed by atoms with Crippen LogP contribution in [0.25, 0.3) is 0 Å². The van der Waals surface area contributed by atoms with Gasteiger partial charge < -0.3 is 20.1 Å². The molecule has 0 fully saturated rings. The number of hydrogen-bond donors (Lipinski definition) is 2. The summed E-state index contributed by atoms with van der Waals surface area (Å²) in [4.78, 5) is 24.8. The summed E-state index contributed by atoms with van der Waals surface area (Å²) >= 11 is 0. The fourth-order valence-electron chi connectivity index (χ4n) is 1.33. The highest BCUT2D eigenvalue weighted by atomic mass is 16.5. The smallest absolute Gasteiger partial charge is 0.317 e. The third-order valence-corrected chi connectivity index (χ3v) is 3.71. The average Bonchev–Trinajstić information content (AvgIpc) is 2.27. The van der Waals surface area contributed by atoms with Crippen LogP contribution < -0.4 is 5.32 Å². The number of ether oxygens (including phenoxy) is 1. The first-order chi connectivity index (χ1) is 8.56. The molecule has 6 nitrogen and oxygen atoms in total. The van der Waals surface area contributed by atoms with Gasteiger partial charge >= 0.3 is 12.0 Å². The van der Waals surface area contributed by atoms with E-state index in [-0.39, 0.29) is 6.03 Å². The van der Waals surface area contributed by atoms with E-state index in [1.807, 2.05) is 0 Å². The Bertz CT molecular complexity index is 327. The Hall–Kier alpha value is -1.30. The Balaban J connectivity index is 4.57. The number of rotatable bonds is 7. The van der Waals surface area contributed by atoms with E-state index < -0.39 is 16.9 Å². The van der Waals surface area contributed by atoms with Crippen molar-refractivity contribution in [2.75, 3.05) is 27.3 Å². The van der Waals surface area contributed by atoms with Gasteiger partial charge in [-0.1, -0.05) is 0 Å². The molecule has 2 N–H and O–H groups in total. The molecule has 0 aliphatic rings. The van der Waals surface area contributed by atoms with Crippen molar-refractivity contribution in [1.29, 1.82) is 0 Å². The number of carbonyl (C=O) groups is 2. The summed E-state index contributed by atoms with van der Waals surface area (Å²) in [5.74, 6) is -0.945. The zero-order valence-corrected chi connectivity index (χ0v) is 12.7. The Morgan fingerprint density at radius 1 is 1.26 bits per heavy atom. The summed E-state index contributed by atoms with van der Waals surface area (Å²) in [7, 11) is 3.29. The van der Waals surface area contributed by atoms with Gasteiger partial charge in [0.05, 0.1) is 11.0 Å². The second-order valence-corrected chi connectivity index (χ2v) is 5.75. The minimum Gasteiger partial charge on any atom is -0.481 e. The molecular formula is C13H26N2O4. The molecule has 19 heavy (non-hydrogen) atoms. The van der Waals surface area contributed by atoms with Crippen LogP contribution in [0.5, 0.6) is 0 Å². The summed E-state index contributed by atoms with van der Waals surface area (Å²) in [5, 5.41) is 12.0. The second kappa shape index (κ2) is 6.75. The molecule has 0 aromatic carbocycles. The van der Waals surface area contributed by atoms with Crippen LogP contribution in [0.3, 0.4) is 0 Å². The Kier molecular flexibility index (Phi) is 6.29. The molecule has 112 valence electrons. The van der Waals surface area contributed by atoms with Crippen LogP contribution in [-0.2, 0) is 9.53 Å². The van der Waals surface area contributed by atoms with Gasteiger partial charge in [0.25, 0.3) is 0 Å². The van der Waals surface area contributed by atoms with Crippen LogP contribution >= 0.6 is 0 Å². The van der Waals surface area contributed by atoms with Crippen molar-refractivity contribution in [3.63, 3.8) is 0 Å². The first-order valence-electron chi connectivity index (χ1n) is 6.32. The molecule has 0 aliphatic carbocycles. The summed E-state index contributed by atoms with van der Waals surface area (Å²) < 4.78 is 4.92. The summed E-state index contributed by atoms with van der Waals surface area (Å²) in [6, 6.07) is -0.282. The van der Waals surface area contributed by atoms with Gasteiger partial charge in [0.2, 0.25) is 0 Å². The molecule has 0 spiro atoms. The van der Waals surface area contributed by atoms with E-state index in [1.54, 1.807) is 41.9 Å². The number of aliphatic carboxylic acids is 1. The first kappa shape index (κ1) is 17.7. The molecule has 0 bridgehead atoms. The van der Waals surface area contributed by atoms with Gasteiger partial charge in [-0.25, -0.2) is 4.79 Å². The number of carbonyl (C=O) groups excluding carboxylic acids is 1. The molecule has 0 unspecified atom stereocenters. The number of nitrogens with zero attached hydrogens (tertiary/aromatic N) is 1. The normalized spacial score (nSPS) is 12.1. The van der Waals surface area contributed by atoms with Crippen molar-refractivity contribution in [2.24, 2.45) is 5.41 Å². The molecule has 6 heteroatoms. The van der Waals surface area contributed by atoms with Crippen molar-refractivity contribution in [1.82, 2.24) is 10.2 Å². The second-order valence-electron chi connectivity index (χ2n) is 5.75. The van der Waals surface area contributed by atoms with Crippen molar-refractivity contribution in [3.8, 4) is 0 Å². The molecule has 0 atom stereocenters. The third kappa shape index (κ3) is 4.70. The van der Waals surface area contributed by atoms with E-state index in [4.69, 9.17) is 4.74 Å². The van der Waals surface area contributed by atoms with Crippen LogP contribution in [-0.4, -0.2) is 54.9 Å². The number of hydrogen-bond acceptors (Lipinski definition) is 3. The maximum absolute atomic E-state index is 12.0. The quantitative estimate of drug-likeness (QED) is 0.690. The lowest BCUT2D eigenvalue weighted by molar-refractivity contribution is -0.150. The molecule has 0 aromatic rings. The van der Waals surface area contributed by atoms with Crippen LogP contribution in [0.4, 0.5) is 4.79 Å². The third-order valence-electron chi connectivity index (χ3n) is 3.71. The lowest BCUT2D eigenvalue weighted by Crippen LogP contribution is -2.59. The number of carboxylic acid groups (broad SMARTS) is 1. The highest BCUT2D eigenvalue weighted by Crippen LogP contribution is 2.30. The van der Waals surface area contributed by atoms with Gasteiger partial charge in [-0.3, -0.25) is 4.79 Å². The van der Waals surface area contributed by atoms with Gasteiger partial charge in [0.1, 0.15) is 0 Å². The van der Waals surface area contributed by atoms with E-state index in [0.717, 1.165) is 6.42 Å². The number of urea groups is 1. The van der Waals surface area contributed by atoms with E-state index in [1.165, 1.54) is 4.90 Å². The summed E-state index contributed by atoms with van der Waals surface area (Å²) in [6.07, 6.45) is 0.739. The first-order valence-corrected chi connectivity index (χ1v) is 6.32. The Labute approximate surface area is 115 Å². The molecule has 0 rings (SSSR count). The van der Waals surface area contributed by atoms with E-state index in [9.17, 15) is 14.7 Å². The van der Waals surface area contributed by atoms with Crippen molar-refractivity contribution in [2.45, 2.75) is 39.7 Å². The number of methoxy groups -OCH3 is 1. The molecule has 0 aromatic heterocycles. The average molecular weight is 274 g/mol. The van der Waals surface area contributed by atoms with Gasteiger partial charge in [-0.2, -0.15) is 0 Å². The fraction of sp³-hybridized carbons (Fsp3) is 0.846. The van der Waals surface area contributed by atoms with Crippen molar-refractivity contribution >= 4 is 12.0 Å². The maximum Gasteiger partial charge on any atom is 0.317 e. The van der Waals surface area contributed by atoms with E-state index in [0.29, 0.717) is 13.2 Å². The fourth-order valence-corrected chi connectivity index (χ4v) is 1.33. The zero-order valence-electron chi connectivity index (χ0n) is 12.7. The molecule has 2 amide bonds. The lowest BCUT2D eigenvalue weighted by Gasteiger charge is -2.39. The minimum atomic E-state index is -1.06. The zero-order chi connectivity index (χ0) is 15.3. The summed E-state index contributed by atoms with van der Waals surface area (Å²) in [6.45, 7) is 7.76. The SMILES string of the molecule is COCCCN(C)C(=O)NC(C)(C)C(C)(C)C(=O)O. The maximum atomic E-state index is 12.0. The molecular weight excluding hydrogens is 248 g/mol. The predicted octanol–water partition coefficient (Wildman–Crippen LogP) is 1.55. The summed E-state index contributed by atoms with van der Waals surface area (Å²) in [5.41, 5.74) is -1.92. The molecule has 0 saturated carbocycles. The van der Waals surface area contributed by atoms with Gasteiger partial charge in [0, 0.05) is 27.3 Å².